The molecule has 294 valence electrons. The minimum absolute atomic E-state index is 0.0810. The maximum Gasteiger partial charge on any atom is 0.306 e. The fourth-order valence-electron chi connectivity index (χ4n) is 5.61. The monoisotopic (exact) mass is 715 g/mol. The lowest BCUT2D eigenvalue weighted by atomic mass is 10.1. The predicted octanol–water partition coefficient (Wildman–Crippen LogP) is 13.2. The lowest BCUT2D eigenvalue weighted by molar-refractivity contribution is -0.167. The molecule has 0 radical (unpaired) electrons. The second kappa shape index (κ2) is 40.1. The molecule has 0 aliphatic heterocycles. The van der Waals surface area contributed by atoms with E-state index < -0.39 is 6.10 Å². The average molecular weight is 715 g/mol. The van der Waals surface area contributed by atoms with Gasteiger partial charge in [0.1, 0.15) is 13.2 Å². The van der Waals surface area contributed by atoms with E-state index in [-0.39, 0.29) is 31.1 Å². The highest BCUT2D eigenvalue weighted by Gasteiger charge is 2.19. The quantitative estimate of drug-likeness (QED) is 0.0276. The highest BCUT2D eigenvalue weighted by molar-refractivity contribution is 5.71. The van der Waals surface area contributed by atoms with Crippen molar-refractivity contribution in [2.75, 3.05) is 13.2 Å². The molecule has 0 aromatic carbocycles. The normalized spacial score (nSPS) is 12.5. The first-order chi connectivity index (χ1) is 25.0. The van der Waals surface area contributed by atoms with Crippen LogP contribution in [0.5, 0.6) is 0 Å². The standard InChI is InChI=1S/C45H78O6/c1-4-7-10-13-15-17-19-20-21-22-23-24-26-27-29-32-35-38-44(47)50-41-42(40-49-43(46)37-34-31-12-9-6-3)51-45(48)39-36-33-30-28-25-18-16-14-11-8-5-2/h7,10,14-17,20-21,42H,4-6,8-9,11-13,18-19,22-41H2,1-3H3/b10-7-,16-14-,17-15-,21-20-. The highest BCUT2D eigenvalue weighted by Crippen LogP contribution is 2.13. The van der Waals surface area contributed by atoms with Crippen molar-refractivity contribution in [1.29, 1.82) is 0 Å². The number of hydrogen-bond donors (Lipinski definition) is 0. The molecular weight excluding hydrogens is 636 g/mol. The molecule has 0 N–H and O–H groups in total. The summed E-state index contributed by atoms with van der Waals surface area (Å²) in [7, 11) is 0. The molecule has 0 aliphatic rings. The third-order valence-electron chi connectivity index (χ3n) is 8.82. The zero-order valence-electron chi connectivity index (χ0n) is 33.4. The van der Waals surface area contributed by atoms with Crippen LogP contribution in [0, 0.1) is 0 Å². The molecule has 51 heavy (non-hydrogen) atoms. The Morgan fingerprint density at radius 3 is 1.27 bits per heavy atom. The summed E-state index contributed by atoms with van der Waals surface area (Å²) in [6.07, 6.45) is 45.5. The number of unbranched alkanes of at least 4 members (excludes halogenated alkanes) is 18. The van der Waals surface area contributed by atoms with Gasteiger partial charge >= 0.3 is 17.9 Å². The molecule has 0 saturated carbocycles. The van der Waals surface area contributed by atoms with Gasteiger partial charge in [-0.15, -0.1) is 0 Å². The highest BCUT2D eigenvalue weighted by atomic mass is 16.6. The van der Waals surface area contributed by atoms with Crippen molar-refractivity contribution in [3.8, 4) is 0 Å². The van der Waals surface area contributed by atoms with Crippen LogP contribution in [-0.4, -0.2) is 37.2 Å². The van der Waals surface area contributed by atoms with Crippen LogP contribution in [0.25, 0.3) is 0 Å². The van der Waals surface area contributed by atoms with Crippen molar-refractivity contribution in [1.82, 2.24) is 0 Å². The molecule has 0 amide bonds. The number of esters is 3. The molecule has 0 aliphatic carbocycles. The zero-order valence-corrected chi connectivity index (χ0v) is 33.4. The van der Waals surface area contributed by atoms with Crippen molar-refractivity contribution in [2.24, 2.45) is 0 Å². The molecule has 0 bridgehead atoms. The average Bonchev–Trinajstić information content (AvgIpc) is 3.12. The SMILES string of the molecule is CC/C=C\C/C=C\C/C=C\CCCCCCCCCC(=O)OCC(COC(=O)CCCCCCC)OC(=O)CCCCCCC/C=C\CCCC. The van der Waals surface area contributed by atoms with Crippen LogP contribution in [-0.2, 0) is 28.6 Å². The fraction of sp³-hybridized carbons (Fsp3) is 0.756. The molecule has 1 unspecified atom stereocenters. The van der Waals surface area contributed by atoms with Crippen LogP contribution in [0.3, 0.4) is 0 Å². The van der Waals surface area contributed by atoms with Gasteiger partial charge in [0.15, 0.2) is 6.10 Å². The molecule has 0 aromatic rings. The van der Waals surface area contributed by atoms with Gasteiger partial charge in [-0.2, -0.15) is 0 Å². The van der Waals surface area contributed by atoms with E-state index in [1.807, 2.05) is 0 Å². The van der Waals surface area contributed by atoms with Crippen LogP contribution >= 0.6 is 0 Å². The van der Waals surface area contributed by atoms with Gasteiger partial charge < -0.3 is 14.2 Å². The van der Waals surface area contributed by atoms with E-state index in [1.54, 1.807) is 0 Å². The first kappa shape index (κ1) is 48.4. The number of rotatable bonds is 37. The second-order valence-corrected chi connectivity index (χ2v) is 13.9. The van der Waals surface area contributed by atoms with E-state index in [0.29, 0.717) is 19.3 Å². The Morgan fingerprint density at radius 2 is 0.784 bits per heavy atom. The van der Waals surface area contributed by atoms with E-state index in [2.05, 4.69) is 69.4 Å². The Kier molecular flexibility index (Phi) is 38.1. The summed E-state index contributed by atoms with van der Waals surface area (Å²) >= 11 is 0. The van der Waals surface area contributed by atoms with Crippen LogP contribution in [0.15, 0.2) is 48.6 Å². The van der Waals surface area contributed by atoms with Crippen molar-refractivity contribution in [3.63, 3.8) is 0 Å². The van der Waals surface area contributed by atoms with E-state index in [1.165, 1.54) is 57.8 Å². The van der Waals surface area contributed by atoms with Crippen LogP contribution < -0.4 is 0 Å². The Labute approximate surface area is 314 Å². The topological polar surface area (TPSA) is 78.9 Å². The Bertz CT molecular complexity index is 918. The third kappa shape index (κ3) is 38.4. The number of carbonyl (C=O) groups is 3. The molecule has 0 fully saturated rings. The molecule has 6 heteroatoms. The summed E-state index contributed by atoms with van der Waals surface area (Å²) in [5, 5.41) is 0. The Balaban J connectivity index is 4.25. The predicted molar refractivity (Wildman–Crippen MR) is 215 cm³/mol. The second-order valence-electron chi connectivity index (χ2n) is 13.9. The molecule has 1 atom stereocenters. The Morgan fingerprint density at radius 1 is 0.412 bits per heavy atom. The molecular formula is C45H78O6. The van der Waals surface area contributed by atoms with Crippen LogP contribution in [0.1, 0.15) is 201 Å². The summed E-state index contributed by atoms with van der Waals surface area (Å²) in [5.41, 5.74) is 0. The largest absolute Gasteiger partial charge is 0.462 e. The van der Waals surface area contributed by atoms with E-state index >= 15 is 0 Å². The van der Waals surface area contributed by atoms with Crippen molar-refractivity contribution < 1.29 is 28.6 Å². The molecule has 0 spiro atoms. The zero-order chi connectivity index (χ0) is 37.3. The van der Waals surface area contributed by atoms with Crippen LogP contribution in [0.2, 0.25) is 0 Å². The van der Waals surface area contributed by atoms with E-state index in [4.69, 9.17) is 14.2 Å². The number of carbonyl (C=O) groups excluding carboxylic acids is 3. The van der Waals surface area contributed by atoms with E-state index in [0.717, 1.165) is 103 Å². The lowest BCUT2D eigenvalue weighted by Gasteiger charge is -2.18. The summed E-state index contributed by atoms with van der Waals surface area (Å²) in [5.74, 6) is -0.920. The van der Waals surface area contributed by atoms with Gasteiger partial charge in [0.05, 0.1) is 0 Å². The minimum Gasteiger partial charge on any atom is -0.462 e. The van der Waals surface area contributed by atoms with Gasteiger partial charge in [0.25, 0.3) is 0 Å². The minimum atomic E-state index is -0.774. The Hall–Kier alpha value is -2.63. The van der Waals surface area contributed by atoms with Gasteiger partial charge in [-0.05, 0) is 70.6 Å². The fourth-order valence-corrected chi connectivity index (χ4v) is 5.61. The maximum atomic E-state index is 12.6. The first-order valence-electron chi connectivity index (χ1n) is 21.1. The van der Waals surface area contributed by atoms with Crippen molar-refractivity contribution in [2.45, 2.75) is 207 Å². The van der Waals surface area contributed by atoms with Gasteiger partial charge in [0, 0.05) is 19.3 Å². The summed E-state index contributed by atoms with van der Waals surface area (Å²) < 4.78 is 16.5. The van der Waals surface area contributed by atoms with Gasteiger partial charge in [-0.3, -0.25) is 14.4 Å². The molecule has 6 nitrogen and oxygen atoms in total. The molecule has 0 saturated heterocycles. The van der Waals surface area contributed by atoms with Gasteiger partial charge in [-0.1, -0.05) is 159 Å². The van der Waals surface area contributed by atoms with Crippen molar-refractivity contribution in [3.05, 3.63) is 48.6 Å². The van der Waals surface area contributed by atoms with Crippen LogP contribution in [0.4, 0.5) is 0 Å². The van der Waals surface area contributed by atoms with Gasteiger partial charge in [0.2, 0.25) is 0 Å². The smallest absolute Gasteiger partial charge is 0.306 e. The van der Waals surface area contributed by atoms with E-state index in [9.17, 15) is 14.4 Å². The summed E-state index contributed by atoms with van der Waals surface area (Å²) in [6, 6.07) is 0. The van der Waals surface area contributed by atoms with Crippen molar-refractivity contribution >= 4 is 17.9 Å². The van der Waals surface area contributed by atoms with Gasteiger partial charge in [-0.25, -0.2) is 0 Å². The molecule has 0 aromatic heterocycles. The number of hydrogen-bond acceptors (Lipinski definition) is 6. The number of allylic oxidation sites excluding steroid dienone is 8. The summed E-state index contributed by atoms with van der Waals surface area (Å²) in [4.78, 5) is 37.3. The maximum absolute atomic E-state index is 12.6. The first-order valence-corrected chi connectivity index (χ1v) is 21.1. The molecule has 0 heterocycles. The lowest BCUT2D eigenvalue weighted by Crippen LogP contribution is -2.30. The molecule has 0 rings (SSSR count). The third-order valence-corrected chi connectivity index (χ3v) is 8.82. The summed E-state index contributed by atoms with van der Waals surface area (Å²) in [6.45, 7) is 6.37. The number of ether oxygens (including phenoxy) is 3.